The van der Waals surface area contributed by atoms with E-state index in [4.69, 9.17) is 0 Å². The van der Waals surface area contributed by atoms with E-state index in [9.17, 15) is 4.79 Å². The summed E-state index contributed by atoms with van der Waals surface area (Å²) in [6, 6.07) is 17.9. The monoisotopic (exact) mass is 372 g/mol. The molecule has 2 aromatic carbocycles. The maximum atomic E-state index is 12.4. The van der Waals surface area contributed by atoms with E-state index in [1.807, 2.05) is 74.5 Å². The lowest BCUT2D eigenvalue weighted by Crippen LogP contribution is -2.41. The summed E-state index contributed by atoms with van der Waals surface area (Å²) >= 11 is 3.43. The Morgan fingerprint density at radius 3 is 2.57 bits per heavy atom. The van der Waals surface area contributed by atoms with Crippen molar-refractivity contribution in [1.82, 2.24) is 10.2 Å². The molecule has 0 aliphatic heterocycles. The second kappa shape index (κ2) is 8.53. The molecular weight excluding hydrogens is 352 g/mol. The predicted octanol–water partition coefficient (Wildman–Crippen LogP) is 5.04. The van der Waals surface area contributed by atoms with Crippen LogP contribution >= 0.6 is 15.9 Å². The lowest BCUT2D eigenvalue weighted by molar-refractivity contribution is 0.183. The highest BCUT2D eigenvalue weighted by atomic mass is 79.9. The molecule has 3 nitrogen and oxygen atoms in total. The van der Waals surface area contributed by atoms with Crippen LogP contribution in [-0.4, -0.2) is 17.0 Å². The van der Waals surface area contributed by atoms with Crippen molar-refractivity contribution in [1.29, 1.82) is 0 Å². The van der Waals surface area contributed by atoms with E-state index in [1.165, 1.54) is 0 Å². The quantitative estimate of drug-likeness (QED) is 0.783. The van der Waals surface area contributed by atoms with Crippen LogP contribution in [0.25, 0.3) is 6.08 Å². The van der Waals surface area contributed by atoms with E-state index in [0.717, 1.165) is 15.6 Å². The van der Waals surface area contributed by atoms with Crippen molar-refractivity contribution in [3.63, 3.8) is 0 Å². The van der Waals surface area contributed by atoms with Crippen molar-refractivity contribution < 1.29 is 4.79 Å². The lowest BCUT2D eigenvalue weighted by Gasteiger charge is -2.26. The molecule has 0 heterocycles. The Morgan fingerprint density at radius 1 is 1.17 bits per heavy atom. The number of rotatable bonds is 5. The van der Waals surface area contributed by atoms with Gasteiger partial charge in [0.2, 0.25) is 0 Å². The first-order valence-electron chi connectivity index (χ1n) is 7.59. The zero-order chi connectivity index (χ0) is 16.7. The Kier molecular flexibility index (Phi) is 6.41. The van der Waals surface area contributed by atoms with Gasteiger partial charge in [0.05, 0.1) is 0 Å². The second-order valence-electron chi connectivity index (χ2n) is 5.55. The number of hydrogen-bond donors (Lipinski definition) is 1. The molecule has 0 aliphatic carbocycles. The van der Waals surface area contributed by atoms with Gasteiger partial charge >= 0.3 is 6.03 Å². The summed E-state index contributed by atoms with van der Waals surface area (Å²) in [6.45, 7) is 4.62. The van der Waals surface area contributed by atoms with Gasteiger partial charge in [-0.3, -0.25) is 0 Å². The van der Waals surface area contributed by atoms with Crippen molar-refractivity contribution in [3.05, 3.63) is 76.4 Å². The number of hydrogen-bond acceptors (Lipinski definition) is 1. The number of nitrogens with zero attached hydrogens (tertiary/aromatic N) is 1. The van der Waals surface area contributed by atoms with Gasteiger partial charge < -0.3 is 10.2 Å². The molecule has 0 unspecified atom stereocenters. The van der Waals surface area contributed by atoms with E-state index < -0.39 is 0 Å². The summed E-state index contributed by atoms with van der Waals surface area (Å²) in [5, 5.41) is 2.84. The van der Waals surface area contributed by atoms with E-state index in [0.29, 0.717) is 6.54 Å². The van der Waals surface area contributed by atoms with E-state index in [2.05, 4.69) is 21.2 Å². The number of amides is 2. The maximum absolute atomic E-state index is 12.4. The summed E-state index contributed by atoms with van der Waals surface area (Å²) in [5.74, 6) is 0. The van der Waals surface area contributed by atoms with Crippen molar-refractivity contribution in [2.75, 3.05) is 0 Å². The smallest absolute Gasteiger partial charge is 0.318 e. The third-order valence-corrected chi connectivity index (χ3v) is 3.90. The van der Waals surface area contributed by atoms with Gasteiger partial charge in [-0.1, -0.05) is 58.4 Å². The van der Waals surface area contributed by atoms with Crippen LogP contribution in [0.4, 0.5) is 4.79 Å². The van der Waals surface area contributed by atoms with Gasteiger partial charge in [-0.15, -0.1) is 0 Å². The average Bonchev–Trinajstić information content (AvgIpc) is 2.53. The van der Waals surface area contributed by atoms with Gasteiger partial charge in [-0.25, -0.2) is 4.79 Å². The molecule has 0 aromatic heterocycles. The van der Waals surface area contributed by atoms with Crippen LogP contribution in [0, 0.1) is 0 Å². The number of halogens is 1. The molecule has 23 heavy (non-hydrogen) atoms. The van der Waals surface area contributed by atoms with Crippen molar-refractivity contribution in [2.45, 2.75) is 26.4 Å². The van der Waals surface area contributed by atoms with Gasteiger partial charge in [-0.05, 0) is 43.2 Å². The highest BCUT2D eigenvalue weighted by Crippen LogP contribution is 2.12. The zero-order valence-corrected chi connectivity index (χ0v) is 15.0. The van der Waals surface area contributed by atoms with E-state index in [-0.39, 0.29) is 12.1 Å². The fraction of sp³-hybridized carbons (Fsp3) is 0.211. The molecule has 0 atom stereocenters. The Hall–Kier alpha value is -2.07. The summed E-state index contributed by atoms with van der Waals surface area (Å²) in [4.78, 5) is 14.2. The minimum atomic E-state index is -0.102. The van der Waals surface area contributed by atoms with Gasteiger partial charge in [-0.2, -0.15) is 0 Å². The SMILES string of the molecule is CC(C)N(Cc1ccccc1)C(=O)N/C=C/c1cccc(Br)c1. The van der Waals surface area contributed by atoms with Gasteiger partial charge in [0.15, 0.2) is 0 Å². The highest BCUT2D eigenvalue weighted by molar-refractivity contribution is 9.10. The molecule has 2 aromatic rings. The fourth-order valence-electron chi connectivity index (χ4n) is 2.17. The molecule has 0 saturated carbocycles. The minimum absolute atomic E-state index is 0.102. The number of carbonyl (C=O) groups is 1. The number of urea groups is 1. The van der Waals surface area contributed by atoms with Crippen LogP contribution in [-0.2, 0) is 6.54 Å². The van der Waals surface area contributed by atoms with Crippen LogP contribution in [0.15, 0.2) is 65.3 Å². The van der Waals surface area contributed by atoms with Crippen LogP contribution in [0.5, 0.6) is 0 Å². The Morgan fingerprint density at radius 2 is 1.91 bits per heavy atom. The first-order valence-corrected chi connectivity index (χ1v) is 8.39. The highest BCUT2D eigenvalue weighted by Gasteiger charge is 2.15. The first kappa shape index (κ1) is 17.3. The molecule has 0 bridgehead atoms. The van der Waals surface area contributed by atoms with Crippen LogP contribution in [0.1, 0.15) is 25.0 Å². The van der Waals surface area contributed by atoms with Crippen molar-refractivity contribution >= 4 is 28.0 Å². The van der Waals surface area contributed by atoms with Crippen molar-refractivity contribution in [3.8, 4) is 0 Å². The van der Waals surface area contributed by atoms with E-state index >= 15 is 0 Å². The summed E-state index contributed by atoms with van der Waals surface area (Å²) in [6.07, 6.45) is 3.56. The topological polar surface area (TPSA) is 32.3 Å². The number of benzene rings is 2. The molecule has 1 N–H and O–H groups in total. The summed E-state index contributed by atoms with van der Waals surface area (Å²) in [5.41, 5.74) is 2.14. The molecule has 4 heteroatoms. The first-order chi connectivity index (χ1) is 11.1. The van der Waals surface area contributed by atoms with Gasteiger partial charge in [0.25, 0.3) is 0 Å². The third-order valence-electron chi connectivity index (χ3n) is 3.41. The van der Waals surface area contributed by atoms with Gasteiger partial charge in [0.1, 0.15) is 0 Å². The molecule has 0 radical (unpaired) electrons. The largest absolute Gasteiger partial charge is 0.321 e. The van der Waals surface area contributed by atoms with Crippen LogP contribution < -0.4 is 5.32 Å². The lowest BCUT2D eigenvalue weighted by atomic mass is 10.2. The average molecular weight is 373 g/mol. The normalized spacial score (nSPS) is 11.0. The number of nitrogens with one attached hydrogen (secondary N) is 1. The zero-order valence-electron chi connectivity index (χ0n) is 13.4. The van der Waals surface area contributed by atoms with Crippen LogP contribution in [0.3, 0.4) is 0 Å². The van der Waals surface area contributed by atoms with E-state index in [1.54, 1.807) is 11.1 Å². The molecule has 0 spiro atoms. The predicted molar refractivity (Wildman–Crippen MR) is 98.8 cm³/mol. The third kappa shape index (κ3) is 5.57. The number of carbonyl (C=O) groups excluding carboxylic acids is 1. The Labute approximate surface area is 146 Å². The molecule has 2 amide bonds. The van der Waals surface area contributed by atoms with Gasteiger partial charge in [0, 0.05) is 23.3 Å². The molecule has 0 aliphatic rings. The molecule has 2 rings (SSSR count). The second-order valence-corrected chi connectivity index (χ2v) is 6.46. The standard InChI is InChI=1S/C19H21BrN2O/c1-15(2)22(14-17-7-4-3-5-8-17)19(23)21-12-11-16-9-6-10-18(20)13-16/h3-13,15H,14H2,1-2H3,(H,21,23)/b12-11+. The summed E-state index contributed by atoms with van der Waals surface area (Å²) < 4.78 is 1.01. The maximum Gasteiger partial charge on any atom is 0.321 e. The van der Waals surface area contributed by atoms with Crippen LogP contribution in [0.2, 0.25) is 0 Å². The fourth-order valence-corrected chi connectivity index (χ4v) is 2.59. The molecule has 120 valence electrons. The minimum Gasteiger partial charge on any atom is -0.318 e. The summed E-state index contributed by atoms with van der Waals surface area (Å²) in [7, 11) is 0. The Bertz CT molecular complexity index is 668. The molecule has 0 fully saturated rings. The Balaban J connectivity index is 1.98. The molecular formula is C19H21BrN2O. The van der Waals surface area contributed by atoms with Crippen molar-refractivity contribution in [2.24, 2.45) is 0 Å². The molecule has 0 saturated heterocycles.